The standard InChI is InChI=1S/C23H20FN3O4S/c24-21-12-5-4-9-18(21)13-14-22(28)26-27-23(29)19-10-6-11-20(15-19)32(30,31)25-16-17-7-2-1-3-8-17/h1-15,25H,16H2,(H,26,28)(H,27,29)/b14-13+. The Morgan fingerprint density at radius 2 is 1.59 bits per heavy atom. The van der Waals surface area contributed by atoms with Crippen molar-refractivity contribution in [2.75, 3.05) is 0 Å². The second-order valence-corrected chi connectivity index (χ2v) is 8.40. The van der Waals surface area contributed by atoms with Crippen LogP contribution in [0, 0.1) is 5.82 Å². The van der Waals surface area contributed by atoms with Crippen molar-refractivity contribution in [3.8, 4) is 0 Å². The highest BCUT2D eigenvalue weighted by molar-refractivity contribution is 7.89. The fraction of sp³-hybridized carbons (Fsp3) is 0.0435. The molecule has 0 heterocycles. The summed E-state index contributed by atoms with van der Waals surface area (Å²) in [7, 11) is -3.85. The second kappa shape index (κ2) is 10.5. The molecule has 9 heteroatoms. The fourth-order valence-electron chi connectivity index (χ4n) is 2.67. The van der Waals surface area contributed by atoms with Crippen LogP contribution in [0.2, 0.25) is 0 Å². The molecule has 0 aliphatic carbocycles. The van der Waals surface area contributed by atoms with Crippen LogP contribution in [-0.4, -0.2) is 20.2 Å². The Balaban J connectivity index is 1.59. The van der Waals surface area contributed by atoms with Gasteiger partial charge in [-0.2, -0.15) is 0 Å². The van der Waals surface area contributed by atoms with E-state index in [0.29, 0.717) is 0 Å². The molecule has 0 saturated heterocycles. The predicted molar refractivity (Wildman–Crippen MR) is 118 cm³/mol. The van der Waals surface area contributed by atoms with E-state index in [-0.39, 0.29) is 22.6 Å². The average molecular weight is 453 g/mol. The van der Waals surface area contributed by atoms with Gasteiger partial charge >= 0.3 is 0 Å². The predicted octanol–water partition coefficient (Wildman–Crippen LogP) is 2.78. The van der Waals surface area contributed by atoms with Gasteiger partial charge in [0.1, 0.15) is 5.82 Å². The average Bonchev–Trinajstić information content (AvgIpc) is 2.81. The fourth-order valence-corrected chi connectivity index (χ4v) is 3.73. The monoisotopic (exact) mass is 453 g/mol. The van der Waals surface area contributed by atoms with E-state index in [4.69, 9.17) is 0 Å². The molecular formula is C23H20FN3O4S. The summed E-state index contributed by atoms with van der Waals surface area (Å²) in [4.78, 5) is 24.1. The molecule has 3 N–H and O–H groups in total. The first-order valence-corrected chi connectivity index (χ1v) is 11.0. The molecule has 32 heavy (non-hydrogen) atoms. The normalized spacial score (nSPS) is 11.3. The van der Waals surface area contributed by atoms with Gasteiger partial charge in [-0.15, -0.1) is 0 Å². The first-order chi connectivity index (χ1) is 15.3. The van der Waals surface area contributed by atoms with Crippen molar-refractivity contribution < 1.29 is 22.4 Å². The van der Waals surface area contributed by atoms with Crippen molar-refractivity contribution in [2.45, 2.75) is 11.4 Å². The SMILES string of the molecule is O=C(/C=C/c1ccccc1F)NNC(=O)c1cccc(S(=O)(=O)NCc2ccccc2)c1. The molecule has 3 rings (SSSR count). The lowest BCUT2D eigenvalue weighted by Gasteiger charge is -2.09. The van der Waals surface area contributed by atoms with E-state index in [1.807, 2.05) is 6.07 Å². The summed E-state index contributed by atoms with van der Waals surface area (Å²) in [5.41, 5.74) is 5.39. The number of benzene rings is 3. The number of hydrogen-bond donors (Lipinski definition) is 3. The maximum Gasteiger partial charge on any atom is 0.269 e. The lowest BCUT2D eigenvalue weighted by Crippen LogP contribution is -2.40. The number of hydrogen-bond acceptors (Lipinski definition) is 4. The summed E-state index contributed by atoms with van der Waals surface area (Å²) in [6, 6.07) is 20.3. The highest BCUT2D eigenvalue weighted by Crippen LogP contribution is 2.12. The van der Waals surface area contributed by atoms with E-state index >= 15 is 0 Å². The molecule has 3 aromatic rings. The Labute approximate surface area is 185 Å². The third-order valence-corrected chi connectivity index (χ3v) is 5.73. The molecule has 0 radical (unpaired) electrons. The molecule has 0 fully saturated rings. The number of amides is 2. The minimum absolute atomic E-state index is 0.0333. The van der Waals surface area contributed by atoms with Crippen LogP contribution in [0.4, 0.5) is 4.39 Å². The quantitative estimate of drug-likeness (QED) is 0.378. The highest BCUT2D eigenvalue weighted by Gasteiger charge is 2.16. The van der Waals surface area contributed by atoms with Gasteiger partial charge < -0.3 is 0 Å². The molecule has 0 aliphatic rings. The zero-order valence-corrected chi connectivity index (χ0v) is 17.6. The second-order valence-electron chi connectivity index (χ2n) is 6.64. The van der Waals surface area contributed by atoms with E-state index < -0.39 is 27.7 Å². The minimum Gasteiger partial charge on any atom is -0.268 e. The lowest BCUT2D eigenvalue weighted by molar-refractivity contribution is -0.117. The maximum atomic E-state index is 13.6. The van der Waals surface area contributed by atoms with Crippen molar-refractivity contribution >= 4 is 27.9 Å². The van der Waals surface area contributed by atoms with Crippen LogP contribution in [0.5, 0.6) is 0 Å². The van der Waals surface area contributed by atoms with Crippen LogP contribution in [0.3, 0.4) is 0 Å². The molecule has 0 aliphatic heterocycles. The smallest absolute Gasteiger partial charge is 0.268 e. The van der Waals surface area contributed by atoms with Gasteiger partial charge in [-0.05, 0) is 35.9 Å². The molecule has 0 saturated carbocycles. The summed E-state index contributed by atoms with van der Waals surface area (Å²) in [6.07, 6.45) is 2.33. The van der Waals surface area contributed by atoms with E-state index in [1.165, 1.54) is 48.5 Å². The number of carbonyl (C=O) groups excluding carboxylic acids is 2. The van der Waals surface area contributed by atoms with Crippen molar-refractivity contribution in [2.24, 2.45) is 0 Å². The van der Waals surface area contributed by atoms with E-state index in [2.05, 4.69) is 15.6 Å². The van der Waals surface area contributed by atoms with Crippen LogP contribution in [0.25, 0.3) is 6.08 Å². The number of nitrogens with one attached hydrogen (secondary N) is 3. The number of hydrazine groups is 1. The van der Waals surface area contributed by atoms with E-state index in [0.717, 1.165) is 11.6 Å². The van der Waals surface area contributed by atoms with Crippen molar-refractivity contribution in [3.63, 3.8) is 0 Å². The van der Waals surface area contributed by atoms with Crippen LogP contribution in [0.1, 0.15) is 21.5 Å². The molecule has 0 aromatic heterocycles. The Kier molecular flexibility index (Phi) is 7.48. The van der Waals surface area contributed by atoms with Crippen molar-refractivity contribution in [1.29, 1.82) is 0 Å². The van der Waals surface area contributed by atoms with Gasteiger partial charge in [-0.3, -0.25) is 20.4 Å². The van der Waals surface area contributed by atoms with Gasteiger partial charge in [-0.1, -0.05) is 54.6 Å². The number of halogens is 1. The summed E-state index contributed by atoms with van der Waals surface area (Å²) in [6.45, 7) is 0.101. The molecule has 164 valence electrons. The molecule has 7 nitrogen and oxygen atoms in total. The van der Waals surface area contributed by atoms with E-state index in [1.54, 1.807) is 30.3 Å². The topological polar surface area (TPSA) is 104 Å². The van der Waals surface area contributed by atoms with E-state index in [9.17, 15) is 22.4 Å². The molecule has 0 spiro atoms. The van der Waals surface area contributed by atoms with Gasteiger partial charge in [0, 0.05) is 23.7 Å². The molecular weight excluding hydrogens is 433 g/mol. The molecule has 2 amide bonds. The van der Waals surface area contributed by atoms with Crippen molar-refractivity contribution in [1.82, 2.24) is 15.6 Å². The van der Waals surface area contributed by atoms with Gasteiger partial charge in [0.15, 0.2) is 0 Å². The highest BCUT2D eigenvalue weighted by atomic mass is 32.2. The first-order valence-electron chi connectivity index (χ1n) is 9.52. The van der Waals surface area contributed by atoms with Crippen LogP contribution in [0.15, 0.2) is 89.8 Å². The number of rotatable bonds is 7. The van der Waals surface area contributed by atoms with Gasteiger partial charge in [-0.25, -0.2) is 17.5 Å². The maximum absolute atomic E-state index is 13.6. The molecule has 0 atom stereocenters. The minimum atomic E-state index is -3.85. The molecule has 0 bridgehead atoms. The third kappa shape index (κ3) is 6.34. The molecule has 0 unspecified atom stereocenters. The Bertz CT molecular complexity index is 1240. The summed E-state index contributed by atoms with van der Waals surface area (Å²) < 4.78 is 41.1. The van der Waals surface area contributed by atoms with Crippen LogP contribution < -0.4 is 15.6 Å². The molecule has 3 aromatic carbocycles. The Hall–Kier alpha value is -3.82. The Morgan fingerprint density at radius 3 is 2.34 bits per heavy atom. The van der Waals surface area contributed by atoms with Gasteiger partial charge in [0.05, 0.1) is 4.90 Å². The van der Waals surface area contributed by atoms with Crippen LogP contribution in [-0.2, 0) is 21.4 Å². The number of sulfonamides is 1. The van der Waals surface area contributed by atoms with Crippen molar-refractivity contribution in [3.05, 3.63) is 107 Å². The Morgan fingerprint density at radius 1 is 0.875 bits per heavy atom. The summed E-state index contributed by atoms with van der Waals surface area (Å²) >= 11 is 0. The van der Waals surface area contributed by atoms with Gasteiger partial charge in [0.25, 0.3) is 11.8 Å². The summed E-state index contributed by atoms with van der Waals surface area (Å²) in [5, 5.41) is 0. The largest absolute Gasteiger partial charge is 0.269 e. The zero-order chi connectivity index (χ0) is 23.0. The third-order valence-electron chi connectivity index (χ3n) is 4.33. The zero-order valence-electron chi connectivity index (χ0n) is 16.8. The number of carbonyl (C=O) groups is 2. The first kappa shape index (κ1) is 22.9. The lowest BCUT2D eigenvalue weighted by atomic mass is 10.2. The summed E-state index contributed by atoms with van der Waals surface area (Å²) in [5.74, 6) is -1.88. The van der Waals surface area contributed by atoms with Gasteiger partial charge in [0.2, 0.25) is 10.0 Å². The van der Waals surface area contributed by atoms with Crippen LogP contribution >= 0.6 is 0 Å².